The van der Waals surface area contributed by atoms with Gasteiger partial charge in [-0.15, -0.1) is 0 Å². The lowest BCUT2D eigenvalue weighted by Crippen LogP contribution is -2.35. The van der Waals surface area contributed by atoms with Crippen molar-refractivity contribution in [3.8, 4) is 11.5 Å². The molecule has 0 unspecified atom stereocenters. The van der Waals surface area contributed by atoms with Crippen LogP contribution in [-0.2, 0) is 9.59 Å². The molecule has 1 aliphatic heterocycles. The highest BCUT2D eigenvalue weighted by molar-refractivity contribution is 14.1. The second-order valence-corrected chi connectivity index (χ2v) is 6.82. The quantitative estimate of drug-likeness (QED) is 0.410. The molecule has 0 spiro atoms. The van der Waals surface area contributed by atoms with Crippen LogP contribution in [0.15, 0.2) is 42.0 Å². The number of hydrazine groups is 1. The summed E-state index contributed by atoms with van der Waals surface area (Å²) in [5.74, 6) is -1.05. The van der Waals surface area contributed by atoms with Crippen LogP contribution in [0.25, 0.3) is 6.08 Å². The Morgan fingerprint density at radius 2 is 1.92 bits per heavy atom. The largest absolute Gasteiger partial charge is 0.503 e. The summed E-state index contributed by atoms with van der Waals surface area (Å²) in [6, 6.07) is 10.1. The van der Waals surface area contributed by atoms with Crippen molar-refractivity contribution in [1.82, 2.24) is 5.43 Å². The molecule has 6 nitrogen and oxygen atoms in total. The fourth-order valence-electron chi connectivity index (χ4n) is 2.33. The normalized spacial score (nSPS) is 15.6. The van der Waals surface area contributed by atoms with Crippen LogP contribution in [0.2, 0.25) is 5.02 Å². The number of carbonyl (C=O) groups is 2. The van der Waals surface area contributed by atoms with E-state index in [2.05, 4.69) is 28.0 Å². The van der Waals surface area contributed by atoms with E-state index in [1.807, 2.05) is 12.1 Å². The Morgan fingerprint density at radius 3 is 2.56 bits per heavy atom. The minimum atomic E-state index is -0.522. The first-order valence-corrected chi connectivity index (χ1v) is 8.55. The molecule has 8 heteroatoms. The third-order valence-corrected chi connectivity index (χ3v) is 4.57. The van der Waals surface area contributed by atoms with Gasteiger partial charge in [-0.1, -0.05) is 11.6 Å². The van der Waals surface area contributed by atoms with Gasteiger partial charge in [0.1, 0.15) is 5.57 Å². The van der Waals surface area contributed by atoms with E-state index >= 15 is 0 Å². The Hall–Kier alpha value is -2.26. The van der Waals surface area contributed by atoms with Gasteiger partial charge in [0.15, 0.2) is 11.5 Å². The number of halogens is 2. The second kappa shape index (κ2) is 6.93. The van der Waals surface area contributed by atoms with Gasteiger partial charge in [0.05, 0.1) is 17.8 Å². The molecule has 0 aliphatic carbocycles. The number of rotatable bonds is 3. The number of phenols is 1. The molecule has 0 atom stereocenters. The van der Waals surface area contributed by atoms with Crippen molar-refractivity contribution in [1.29, 1.82) is 0 Å². The van der Waals surface area contributed by atoms with Gasteiger partial charge in [0, 0.05) is 3.57 Å². The van der Waals surface area contributed by atoms with Crippen molar-refractivity contribution < 1.29 is 19.4 Å². The minimum Gasteiger partial charge on any atom is -0.503 e. The van der Waals surface area contributed by atoms with Crippen molar-refractivity contribution in [3.05, 3.63) is 56.1 Å². The number of methoxy groups -OCH3 is 1. The van der Waals surface area contributed by atoms with Crippen LogP contribution < -0.4 is 15.2 Å². The van der Waals surface area contributed by atoms with Gasteiger partial charge in [-0.2, -0.15) is 0 Å². The van der Waals surface area contributed by atoms with Gasteiger partial charge in [-0.25, -0.2) is 5.01 Å². The summed E-state index contributed by atoms with van der Waals surface area (Å²) < 4.78 is 6.04. The highest BCUT2D eigenvalue weighted by Crippen LogP contribution is 2.35. The number of nitrogens with zero attached hydrogens (tertiary/aromatic N) is 1. The Kier molecular flexibility index (Phi) is 4.87. The third-order valence-electron chi connectivity index (χ3n) is 3.56. The molecule has 0 aromatic heterocycles. The maximum Gasteiger partial charge on any atom is 0.282 e. The topological polar surface area (TPSA) is 78.9 Å². The molecule has 0 saturated carbocycles. The van der Waals surface area contributed by atoms with Crippen LogP contribution in [0.4, 0.5) is 5.69 Å². The second-order valence-electron chi connectivity index (χ2n) is 5.17. The summed E-state index contributed by atoms with van der Waals surface area (Å²) in [7, 11) is 1.38. The molecule has 25 heavy (non-hydrogen) atoms. The lowest BCUT2D eigenvalue weighted by atomic mass is 10.1. The molecular weight excluding hydrogens is 459 g/mol. The molecule has 2 N–H and O–H groups in total. The lowest BCUT2D eigenvalue weighted by Gasteiger charge is -2.14. The number of anilines is 1. The van der Waals surface area contributed by atoms with Crippen LogP contribution in [-0.4, -0.2) is 24.0 Å². The van der Waals surface area contributed by atoms with Gasteiger partial charge in [0.2, 0.25) is 0 Å². The van der Waals surface area contributed by atoms with Crippen molar-refractivity contribution in [2.45, 2.75) is 0 Å². The SMILES string of the molecule is COc1cc(C=C2C(=O)NN(c3ccc(I)cc3)C2=O)cc(Cl)c1O. The summed E-state index contributed by atoms with van der Waals surface area (Å²) in [4.78, 5) is 24.8. The summed E-state index contributed by atoms with van der Waals surface area (Å²) >= 11 is 8.09. The molecule has 1 fully saturated rings. The number of aromatic hydroxyl groups is 1. The van der Waals surface area contributed by atoms with Crippen molar-refractivity contribution in [2.24, 2.45) is 0 Å². The van der Waals surface area contributed by atoms with Crippen LogP contribution in [0.1, 0.15) is 5.56 Å². The van der Waals surface area contributed by atoms with Crippen LogP contribution in [0, 0.1) is 3.57 Å². The average molecular weight is 471 g/mol. The predicted octanol–water partition coefficient (Wildman–Crippen LogP) is 3.12. The molecule has 2 amide bonds. The van der Waals surface area contributed by atoms with Gasteiger partial charge >= 0.3 is 0 Å². The highest BCUT2D eigenvalue weighted by Gasteiger charge is 2.34. The minimum absolute atomic E-state index is 0.0395. The Balaban J connectivity index is 1.96. The third kappa shape index (κ3) is 3.42. The predicted molar refractivity (Wildman–Crippen MR) is 102 cm³/mol. The number of amides is 2. The van der Waals surface area contributed by atoms with Gasteiger partial charge in [-0.3, -0.25) is 15.0 Å². The fraction of sp³-hybridized carbons (Fsp3) is 0.0588. The number of hydrogen-bond acceptors (Lipinski definition) is 4. The maximum absolute atomic E-state index is 12.6. The zero-order chi connectivity index (χ0) is 18.1. The summed E-state index contributed by atoms with van der Waals surface area (Å²) in [5, 5.41) is 11.0. The zero-order valence-corrected chi connectivity index (χ0v) is 15.8. The standard InChI is InChI=1S/C17H12ClIN2O4/c1-25-14-8-9(7-13(18)15(14)22)6-12-16(23)20-21(17(12)24)11-4-2-10(19)3-5-11/h2-8,22H,1H3,(H,20,23). The summed E-state index contributed by atoms with van der Waals surface area (Å²) in [6.45, 7) is 0. The first kappa shape index (κ1) is 17.6. The summed E-state index contributed by atoms with van der Waals surface area (Å²) in [5.41, 5.74) is 3.50. The number of hydrogen-bond donors (Lipinski definition) is 2. The Labute approximate surface area is 162 Å². The van der Waals surface area contributed by atoms with E-state index in [-0.39, 0.29) is 22.1 Å². The van der Waals surface area contributed by atoms with Crippen molar-refractivity contribution >= 4 is 57.8 Å². The number of carbonyl (C=O) groups excluding carboxylic acids is 2. The van der Waals surface area contributed by atoms with Crippen molar-refractivity contribution in [3.63, 3.8) is 0 Å². The molecule has 2 aromatic rings. The fourth-order valence-corrected chi connectivity index (χ4v) is 2.91. The van der Waals surface area contributed by atoms with E-state index in [0.717, 1.165) is 3.57 Å². The number of phenolic OH excluding ortho intramolecular Hbond substituents is 1. The summed E-state index contributed by atoms with van der Waals surface area (Å²) in [6.07, 6.45) is 1.40. The van der Waals surface area contributed by atoms with Crippen LogP contribution in [0.3, 0.4) is 0 Å². The van der Waals surface area contributed by atoms with Crippen LogP contribution in [0.5, 0.6) is 11.5 Å². The highest BCUT2D eigenvalue weighted by atomic mass is 127. The molecule has 1 heterocycles. The van der Waals surface area contributed by atoms with E-state index in [1.54, 1.807) is 12.1 Å². The van der Waals surface area contributed by atoms with Gasteiger partial charge in [0.25, 0.3) is 11.8 Å². The van der Waals surface area contributed by atoms with Gasteiger partial charge in [-0.05, 0) is 70.6 Å². The number of benzene rings is 2. The lowest BCUT2D eigenvalue weighted by molar-refractivity contribution is -0.117. The molecule has 1 saturated heterocycles. The number of ether oxygens (including phenoxy) is 1. The molecule has 128 valence electrons. The zero-order valence-electron chi connectivity index (χ0n) is 12.9. The Morgan fingerprint density at radius 1 is 1.24 bits per heavy atom. The van der Waals surface area contributed by atoms with E-state index in [4.69, 9.17) is 16.3 Å². The molecule has 2 aromatic carbocycles. The molecule has 0 radical (unpaired) electrons. The van der Waals surface area contributed by atoms with Crippen LogP contribution >= 0.6 is 34.2 Å². The molecule has 3 rings (SSSR count). The van der Waals surface area contributed by atoms with E-state index in [9.17, 15) is 14.7 Å². The first-order valence-electron chi connectivity index (χ1n) is 7.10. The first-order chi connectivity index (χ1) is 11.9. The van der Waals surface area contributed by atoms with E-state index < -0.39 is 11.8 Å². The molecule has 0 bridgehead atoms. The maximum atomic E-state index is 12.6. The molecular formula is C17H12ClIN2O4. The number of nitrogens with one attached hydrogen (secondary N) is 1. The van der Waals surface area contributed by atoms with E-state index in [0.29, 0.717) is 11.3 Å². The average Bonchev–Trinajstić information content (AvgIpc) is 2.86. The smallest absolute Gasteiger partial charge is 0.282 e. The molecule has 1 aliphatic rings. The van der Waals surface area contributed by atoms with E-state index in [1.165, 1.54) is 30.3 Å². The van der Waals surface area contributed by atoms with Crippen molar-refractivity contribution in [2.75, 3.05) is 12.1 Å². The monoisotopic (exact) mass is 470 g/mol. The Bertz CT molecular complexity index is 896. The van der Waals surface area contributed by atoms with Gasteiger partial charge < -0.3 is 9.84 Å².